The van der Waals surface area contributed by atoms with E-state index in [2.05, 4.69) is 17.3 Å². The molecule has 0 saturated carbocycles. The molecule has 0 spiro atoms. The Hall–Kier alpha value is -0.540. The van der Waals surface area contributed by atoms with Gasteiger partial charge in [-0.15, -0.1) is 11.6 Å². The van der Waals surface area contributed by atoms with Crippen LogP contribution in [-0.4, -0.2) is 28.2 Å². The van der Waals surface area contributed by atoms with Crippen LogP contribution >= 0.6 is 11.6 Å². The van der Waals surface area contributed by atoms with Crippen molar-refractivity contribution in [3.8, 4) is 0 Å². The van der Waals surface area contributed by atoms with E-state index in [4.69, 9.17) is 11.6 Å². The normalized spacial score (nSPS) is 13.1. The van der Waals surface area contributed by atoms with Gasteiger partial charge < -0.3 is 5.32 Å². The molecule has 0 aliphatic rings. The lowest BCUT2D eigenvalue weighted by atomic mass is 10.2. The third-order valence-corrected chi connectivity index (χ3v) is 2.56. The van der Waals surface area contributed by atoms with Crippen LogP contribution in [0.4, 0.5) is 0 Å². The van der Waals surface area contributed by atoms with Crippen LogP contribution in [0.15, 0.2) is 12.3 Å². The molecule has 0 saturated heterocycles. The summed E-state index contributed by atoms with van der Waals surface area (Å²) in [5.74, 6) is 0.722. The Balaban J connectivity index is 2.19. The Morgan fingerprint density at radius 3 is 3.00 bits per heavy atom. The molecule has 0 aliphatic carbocycles. The highest BCUT2D eigenvalue weighted by atomic mass is 35.5. The Bertz CT molecular complexity index is 260. The fourth-order valence-electron chi connectivity index (χ4n) is 1.36. The van der Waals surface area contributed by atoms with E-state index < -0.39 is 0 Å². The second-order valence-electron chi connectivity index (χ2n) is 3.53. The number of nitrogens with zero attached hydrogens (tertiary/aromatic N) is 2. The van der Waals surface area contributed by atoms with Gasteiger partial charge in [0.05, 0.1) is 0 Å². The molecule has 0 amide bonds. The van der Waals surface area contributed by atoms with Gasteiger partial charge in [0.1, 0.15) is 0 Å². The summed E-state index contributed by atoms with van der Waals surface area (Å²) >= 11 is 5.65. The minimum Gasteiger partial charge on any atom is -0.314 e. The van der Waals surface area contributed by atoms with Gasteiger partial charge in [0, 0.05) is 43.8 Å². The molecule has 1 aromatic heterocycles. The van der Waals surface area contributed by atoms with Crippen LogP contribution < -0.4 is 5.32 Å². The van der Waals surface area contributed by atoms with Crippen LogP contribution in [0.3, 0.4) is 0 Å². The standard InChI is InChI=1S/C10H18ClN3/c1-9(3-6-11)12-7-4-10-5-8-13-14(10)2/h5,8-9,12H,3-4,6-7H2,1-2H3. The van der Waals surface area contributed by atoms with E-state index >= 15 is 0 Å². The first-order valence-corrected chi connectivity index (χ1v) is 5.53. The third-order valence-electron chi connectivity index (χ3n) is 2.34. The molecular weight excluding hydrogens is 198 g/mol. The van der Waals surface area contributed by atoms with Gasteiger partial charge in [-0.1, -0.05) is 0 Å². The van der Waals surface area contributed by atoms with E-state index in [1.54, 1.807) is 0 Å². The number of rotatable bonds is 6. The maximum atomic E-state index is 5.65. The van der Waals surface area contributed by atoms with Gasteiger partial charge >= 0.3 is 0 Å². The molecule has 1 heterocycles. The van der Waals surface area contributed by atoms with Crippen LogP contribution in [-0.2, 0) is 13.5 Å². The van der Waals surface area contributed by atoms with Gasteiger partial charge in [0.2, 0.25) is 0 Å². The SMILES string of the molecule is CC(CCCl)NCCc1ccnn1C. The number of halogens is 1. The first-order chi connectivity index (χ1) is 6.74. The lowest BCUT2D eigenvalue weighted by molar-refractivity contribution is 0.531. The third kappa shape index (κ3) is 3.68. The summed E-state index contributed by atoms with van der Waals surface area (Å²) < 4.78 is 1.91. The molecule has 0 radical (unpaired) electrons. The van der Waals surface area contributed by atoms with Gasteiger partial charge in [-0.2, -0.15) is 5.10 Å². The molecule has 1 N–H and O–H groups in total. The van der Waals surface area contributed by atoms with E-state index in [1.165, 1.54) is 5.69 Å². The molecule has 0 aliphatic heterocycles. The molecule has 14 heavy (non-hydrogen) atoms. The van der Waals surface area contributed by atoms with E-state index in [-0.39, 0.29) is 0 Å². The molecule has 0 aromatic carbocycles. The van der Waals surface area contributed by atoms with Crippen LogP contribution in [0.2, 0.25) is 0 Å². The number of aromatic nitrogens is 2. The monoisotopic (exact) mass is 215 g/mol. The summed E-state index contributed by atoms with van der Waals surface area (Å²) in [5.41, 5.74) is 1.26. The van der Waals surface area contributed by atoms with E-state index in [1.807, 2.05) is 24.0 Å². The summed E-state index contributed by atoms with van der Waals surface area (Å²) in [6, 6.07) is 2.55. The molecule has 80 valence electrons. The first-order valence-electron chi connectivity index (χ1n) is 5.00. The second-order valence-corrected chi connectivity index (χ2v) is 3.91. The number of nitrogens with one attached hydrogen (secondary N) is 1. The maximum Gasteiger partial charge on any atom is 0.0492 e. The summed E-state index contributed by atoms with van der Waals surface area (Å²) in [4.78, 5) is 0. The van der Waals surface area contributed by atoms with Gasteiger partial charge in [-0.25, -0.2) is 0 Å². The summed E-state index contributed by atoms with van der Waals surface area (Å²) in [7, 11) is 1.97. The van der Waals surface area contributed by atoms with Gasteiger partial charge in [0.25, 0.3) is 0 Å². The van der Waals surface area contributed by atoms with Crippen molar-refractivity contribution in [3.05, 3.63) is 18.0 Å². The van der Waals surface area contributed by atoms with Gasteiger partial charge in [0.15, 0.2) is 0 Å². The first kappa shape index (κ1) is 11.5. The highest BCUT2D eigenvalue weighted by Crippen LogP contribution is 1.98. The summed E-state index contributed by atoms with van der Waals surface area (Å²) in [6.45, 7) is 3.14. The average Bonchev–Trinajstić information content (AvgIpc) is 2.52. The molecule has 4 heteroatoms. The molecule has 1 atom stereocenters. The minimum atomic E-state index is 0.501. The smallest absolute Gasteiger partial charge is 0.0492 e. The average molecular weight is 216 g/mol. The zero-order chi connectivity index (χ0) is 10.4. The molecule has 1 rings (SSSR count). The lowest BCUT2D eigenvalue weighted by Gasteiger charge is -2.11. The van der Waals surface area contributed by atoms with Crippen molar-refractivity contribution in [1.82, 2.24) is 15.1 Å². The fourth-order valence-corrected chi connectivity index (χ4v) is 1.69. The number of alkyl halides is 1. The van der Waals surface area contributed by atoms with Crippen LogP contribution in [0, 0.1) is 0 Å². The largest absolute Gasteiger partial charge is 0.314 e. The van der Waals surface area contributed by atoms with Crippen molar-refractivity contribution < 1.29 is 0 Å². The summed E-state index contributed by atoms with van der Waals surface area (Å²) in [5, 5.41) is 7.54. The molecule has 0 fully saturated rings. The van der Waals surface area contributed by atoms with Gasteiger partial charge in [-0.3, -0.25) is 4.68 Å². The summed E-state index contributed by atoms with van der Waals surface area (Å²) in [6.07, 6.45) is 3.87. The van der Waals surface area contributed by atoms with Crippen molar-refractivity contribution in [1.29, 1.82) is 0 Å². The van der Waals surface area contributed by atoms with Crippen molar-refractivity contribution in [2.75, 3.05) is 12.4 Å². The number of aryl methyl sites for hydroxylation is 1. The zero-order valence-corrected chi connectivity index (χ0v) is 9.59. The predicted octanol–water partition coefficient (Wildman–Crippen LogP) is 1.57. The fraction of sp³-hybridized carbons (Fsp3) is 0.700. The Morgan fingerprint density at radius 1 is 1.64 bits per heavy atom. The second kappa shape index (κ2) is 6.04. The maximum absolute atomic E-state index is 5.65. The van der Waals surface area contributed by atoms with Crippen molar-refractivity contribution in [3.63, 3.8) is 0 Å². The number of hydrogen-bond donors (Lipinski definition) is 1. The van der Waals surface area contributed by atoms with E-state index in [9.17, 15) is 0 Å². The highest BCUT2D eigenvalue weighted by molar-refractivity contribution is 6.17. The topological polar surface area (TPSA) is 29.9 Å². The molecule has 1 unspecified atom stereocenters. The molecule has 0 bridgehead atoms. The van der Waals surface area contributed by atoms with Crippen LogP contribution in [0.1, 0.15) is 19.0 Å². The van der Waals surface area contributed by atoms with Crippen molar-refractivity contribution in [2.24, 2.45) is 7.05 Å². The van der Waals surface area contributed by atoms with Crippen LogP contribution in [0.5, 0.6) is 0 Å². The lowest BCUT2D eigenvalue weighted by Crippen LogP contribution is -2.28. The Kier molecular flexibility index (Phi) is 4.98. The zero-order valence-electron chi connectivity index (χ0n) is 8.83. The van der Waals surface area contributed by atoms with E-state index in [0.29, 0.717) is 6.04 Å². The minimum absolute atomic E-state index is 0.501. The Labute approximate surface area is 90.4 Å². The predicted molar refractivity (Wildman–Crippen MR) is 59.7 cm³/mol. The van der Waals surface area contributed by atoms with Crippen LogP contribution in [0.25, 0.3) is 0 Å². The van der Waals surface area contributed by atoms with E-state index in [0.717, 1.165) is 25.3 Å². The quantitative estimate of drug-likeness (QED) is 0.731. The highest BCUT2D eigenvalue weighted by Gasteiger charge is 2.01. The van der Waals surface area contributed by atoms with Gasteiger partial charge in [-0.05, 0) is 19.4 Å². The molecular formula is C10H18ClN3. The van der Waals surface area contributed by atoms with Crippen molar-refractivity contribution >= 4 is 11.6 Å². The molecule has 1 aromatic rings. The van der Waals surface area contributed by atoms with Crippen molar-refractivity contribution in [2.45, 2.75) is 25.8 Å². The molecule has 3 nitrogen and oxygen atoms in total. The number of hydrogen-bond acceptors (Lipinski definition) is 2. The Morgan fingerprint density at radius 2 is 2.43 bits per heavy atom.